The highest BCUT2D eigenvalue weighted by Crippen LogP contribution is 2.35. The fraction of sp³-hybridized carbons (Fsp3) is 0.238. The number of methoxy groups -OCH3 is 4. The van der Waals surface area contributed by atoms with Gasteiger partial charge in [0.15, 0.2) is 18.1 Å². The molecule has 2 aromatic rings. The fourth-order valence-electron chi connectivity index (χ4n) is 2.55. The molecule has 0 atom stereocenters. The van der Waals surface area contributed by atoms with Crippen LogP contribution in [0.25, 0.3) is 6.08 Å². The molecule has 0 aromatic heterocycles. The van der Waals surface area contributed by atoms with E-state index in [4.69, 9.17) is 28.8 Å². The Bertz CT molecular complexity index is 914. The zero-order valence-corrected chi connectivity index (χ0v) is 17.1. The average Bonchev–Trinajstić information content (AvgIpc) is 2.75. The molecule has 0 aliphatic heterocycles. The number of amides is 1. The van der Waals surface area contributed by atoms with Crippen LogP contribution in [-0.4, -0.2) is 52.0 Å². The number of carbonyl (C=O) groups is 2. The highest BCUT2D eigenvalue weighted by atomic mass is 16.5. The minimum absolute atomic E-state index is 0.195. The number of anilines is 1. The molecular formula is C21H23NO8. The van der Waals surface area contributed by atoms with Gasteiger partial charge in [-0.3, -0.25) is 4.79 Å². The maximum absolute atomic E-state index is 12.4. The first-order valence-corrected chi connectivity index (χ1v) is 8.73. The smallest absolute Gasteiger partial charge is 0.341 e. The van der Waals surface area contributed by atoms with E-state index in [0.717, 1.165) is 0 Å². The van der Waals surface area contributed by atoms with Crippen molar-refractivity contribution in [2.75, 3.05) is 40.4 Å². The van der Waals surface area contributed by atoms with E-state index in [0.29, 0.717) is 34.2 Å². The third-order valence-electron chi connectivity index (χ3n) is 3.94. The van der Waals surface area contributed by atoms with Gasteiger partial charge in [0.25, 0.3) is 0 Å². The Kier molecular flexibility index (Phi) is 7.92. The number of hydrogen-bond donors (Lipinski definition) is 2. The maximum Gasteiger partial charge on any atom is 0.341 e. The molecular weight excluding hydrogens is 394 g/mol. The molecule has 1 amide bonds. The molecule has 2 N–H and O–H groups in total. The summed E-state index contributed by atoms with van der Waals surface area (Å²) in [6.45, 7) is -0.537. The summed E-state index contributed by atoms with van der Waals surface area (Å²) in [5.74, 6) is 0.490. The van der Waals surface area contributed by atoms with Gasteiger partial charge >= 0.3 is 5.97 Å². The lowest BCUT2D eigenvalue weighted by molar-refractivity contribution is -0.139. The van der Waals surface area contributed by atoms with E-state index in [-0.39, 0.29) is 5.75 Å². The molecule has 9 heteroatoms. The van der Waals surface area contributed by atoms with Gasteiger partial charge in [-0.2, -0.15) is 0 Å². The average molecular weight is 417 g/mol. The second-order valence-corrected chi connectivity index (χ2v) is 5.82. The highest BCUT2D eigenvalue weighted by Gasteiger charge is 2.12. The zero-order valence-electron chi connectivity index (χ0n) is 17.1. The molecule has 0 aliphatic rings. The fourth-order valence-corrected chi connectivity index (χ4v) is 2.55. The summed E-state index contributed by atoms with van der Waals surface area (Å²) in [6, 6.07) is 7.99. The lowest BCUT2D eigenvalue weighted by atomic mass is 10.1. The van der Waals surface area contributed by atoms with Gasteiger partial charge in [0.1, 0.15) is 17.2 Å². The number of benzene rings is 2. The number of carbonyl (C=O) groups excluding carboxylic acids is 1. The molecule has 160 valence electrons. The van der Waals surface area contributed by atoms with Crippen LogP contribution in [0.5, 0.6) is 28.7 Å². The molecule has 0 radical (unpaired) electrons. The van der Waals surface area contributed by atoms with Gasteiger partial charge < -0.3 is 34.1 Å². The van der Waals surface area contributed by atoms with E-state index in [1.807, 2.05) is 0 Å². The molecule has 0 fully saturated rings. The second kappa shape index (κ2) is 10.6. The molecule has 0 spiro atoms. The SMILES string of the molecule is COc1cc(OC)c(C=CC(=O)Nc2ccc(OC)c(OCC(=O)O)c2)c(OC)c1. The minimum atomic E-state index is -1.13. The first kappa shape index (κ1) is 22.4. The number of carboxylic acid groups (broad SMARTS) is 1. The minimum Gasteiger partial charge on any atom is -0.496 e. The monoisotopic (exact) mass is 417 g/mol. The summed E-state index contributed by atoms with van der Waals surface area (Å²) in [6.07, 6.45) is 2.87. The molecule has 0 aliphatic carbocycles. The van der Waals surface area contributed by atoms with Crippen molar-refractivity contribution in [3.63, 3.8) is 0 Å². The van der Waals surface area contributed by atoms with Gasteiger partial charge in [0.2, 0.25) is 5.91 Å². The van der Waals surface area contributed by atoms with Crippen LogP contribution in [0.4, 0.5) is 5.69 Å². The van der Waals surface area contributed by atoms with Crippen LogP contribution in [0.3, 0.4) is 0 Å². The summed E-state index contributed by atoms with van der Waals surface area (Å²) in [5.41, 5.74) is 0.968. The van der Waals surface area contributed by atoms with Gasteiger partial charge in [-0.1, -0.05) is 0 Å². The first-order valence-electron chi connectivity index (χ1n) is 8.73. The van der Waals surface area contributed by atoms with Crippen molar-refractivity contribution < 1.29 is 38.4 Å². The van der Waals surface area contributed by atoms with Gasteiger partial charge in [-0.05, 0) is 18.2 Å². The predicted octanol–water partition coefficient (Wildman–Crippen LogP) is 2.84. The molecule has 0 saturated carbocycles. The van der Waals surface area contributed by atoms with Crippen molar-refractivity contribution in [3.05, 3.63) is 42.0 Å². The largest absolute Gasteiger partial charge is 0.496 e. The van der Waals surface area contributed by atoms with E-state index in [1.165, 1.54) is 40.6 Å². The zero-order chi connectivity index (χ0) is 22.1. The Morgan fingerprint density at radius 2 is 1.53 bits per heavy atom. The normalized spacial score (nSPS) is 10.4. The quantitative estimate of drug-likeness (QED) is 0.568. The van der Waals surface area contributed by atoms with Gasteiger partial charge in [-0.15, -0.1) is 0 Å². The summed E-state index contributed by atoms with van der Waals surface area (Å²) in [5, 5.41) is 11.5. The van der Waals surface area contributed by atoms with E-state index in [9.17, 15) is 9.59 Å². The van der Waals surface area contributed by atoms with Crippen molar-refractivity contribution in [3.8, 4) is 28.7 Å². The Morgan fingerprint density at radius 1 is 0.900 bits per heavy atom. The van der Waals surface area contributed by atoms with Crippen LogP contribution < -0.4 is 29.0 Å². The third-order valence-corrected chi connectivity index (χ3v) is 3.94. The van der Waals surface area contributed by atoms with Gasteiger partial charge in [-0.25, -0.2) is 4.79 Å². The van der Waals surface area contributed by atoms with E-state index >= 15 is 0 Å². The summed E-state index contributed by atoms with van der Waals surface area (Å²) in [4.78, 5) is 23.1. The lowest BCUT2D eigenvalue weighted by Gasteiger charge is -2.13. The van der Waals surface area contributed by atoms with Crippen molar-refractivity contribution in [1.29, 1.82) is 0 Å². The van der Waals surface area contributed by atoms with Crippen LogP contribution in [0.2, 0.25) is 0 Å². The van der Waals surface area contributed by atoms with Crippen molar-refractivity contribution in [1.82, 2.24) is 0 Å². The van der Waals surface area contributed by atoms with Gasteiger partial charge in [0, 0.05) is 30.0 Å². The molecule has 2 aromatic carbocycles. The van der Waals surface area contributed by atoms with E-state index in [2.05, 4.69) is 5.32 Å². The second-order valence-electron chi connectivity index (χ2n) is 5.82. The number of hydrogen-bond acceptors (Lipinski definition) is 7. The lowest BCUT2D eigenvalue weighted by Crippen LogP contribution is -2.11. The molecule has 0 heterocycles. The number of carboxylic acids is 1. The summed E-state index contributed by atoms with van der Waals surface area (Å²) >= 11 is 0. The van der Waals surface area contributed by atoms with Crippen molar-refractivity contribution >= 4 is 23.6 Å². The Labute approximate surface area is 173 Å². The van der Waals surface area contributed by atoms with Gasteiger partial charge in [0.05, 0.1) is 34.0 Å². The summed E-state index contributed by atoms with van der Waals surface area (Å²) in [7, 11) is 5.96. The van der Waals surface area contributed by atoms with Crippen molar-refractivity contribution in [2.45, 2.75) is 0 Å². The van der Waals surface area contributed by atoms with Crippen LogP contribution in [0.1, 0.15) is 5.56 Å². The molecule has 2 rings (SSSR count). The topological polar surface area (TPSA) is 113 Å². The third kappa shape index (κ3) is 5.81. The maximum atomic E-state index is 12.4. The first-order chi connectivity index (χ1) is 14.4. The number of ether oxygens (including phenoxy) is 5. The van der Waals surface area contributed by atoms with Crippen LogP contribution in [0.15, 0.2) is 36.4 Å². The van der Waals surface area contributed by atoms with E-state index < -0.39 is 18.5 Å². The number of aliphatic carboxylic acids is 1. The number of nitrogens with one attached hydrogen (secondary N) is 1. The Hall–Kier alpha value is -3.88. The molecule has 0 unspecified atom stereocenters. The van der Waals surface area contributed by atoms with E-state index in [1.54, 1.807) is 30.3 Å². The molecule has 0 saturated heterocycles. The van der Waals surface area contributed by atoms with Crippen molar-refractivity contribution in [2.24, 2.45) is 0 Å². The number of rotatable bonds is 10. The Balaban J connectivity index is 2.20. The van der Waals surface area contributed by atoms with Crippen LogP contribution >= 0.6 is 0 Å². The standard InChI is InChI=1S/C21H23NO8/c1-26-14-10-17(28-3)15(18(11-14)29-4)6-8-20(23)22-13-5-7-16(27-2)19(9-13)30-12-21(24)25/h5-11H,12H2,1-4H3,(H,22,23)(H,24,25). The summed E-state index contributed by atoms with van der Waals surface area (Å²) < 4.78 is 26.2. The van der Waals surface area contributed by atoms with Crippen LogP contribution in [0, 0.1) is 0 Å². The highest BCUT2D eigenvalue weighted by molar-refractivity contribution is 6.02. The Morgan fingerprint density at radius 3 is 2.07 bits per heavy atom. The molecule has 0 bridgehead atoms. The predicted molar refractivity (Wildman–Crippen MR) is 110 cm³/mol. The molecule has 9 nitrogen and oxygen atoms in total. The molecule has 30 heavy (non-hydrogen) atoms. The van der Waals surface area contributed by atoms with Crippen LogP contribution in [-0.2, 0) is 9.59 Å².